The highest BCUT2D eigenvalue weighted by atomic mass is 79.9. The quantitative estimate of drug-likeness (QED) is 0.927. The summed E-state index contributed by atoms with van der Waals surface area (Å²) in [6.07, 6.45) is 0.713. The molecule has 84 valence electrons. The number of nitrogens with two attached hydrogens (primary N) is 1. The normalized spacial score (nSPS) is 10.7. The van der Waals surface area contributed by atoms with E-state index in [9.17, 15) is 0 Å². The average molecular weight is 346 g/mol. The van der Waals surface area contributed by atoms with Crippen LogP contribution in [0.15, 0.2) is 37.7 Å². The lowest BCUT2D eigenvalue weighted by Crippen LogP contribution is -2.01. The number of rotatable bonds is 3. The van der Waals surface area contributed by atoms with Gasteiger partial charge in [0.25, 0.3) is 0 Å². The first-order valence-electron chi connectivity index (χ1n) is 4.82. The third-order valence-electron chi connectivity index (χ3n) is 2.17. The highest BCUT2D eigenvalue weighted by Crippen LogP contribution is 2.28. The van der Waals surface area contributed by atoms with Crippen molar-refractivity contribution in [2.75, 3.05) is 6.54 Å². The third-order valence-corrected chi connectivity index (χ3v) is 4.04. The molecule has 0 spiro atoms. The van der Waals surface area contributed by atoms with E-state index in [4.69, 9.17) is 10.3 Å². The number of hydrogen-bond donors (Lipinski definition) is 1. The van der Waals surface area contributed by atoms with Crippen molar-refractivity contribution in [3.05, 3.63) is 39.0 Å². The van der Waals surface area contributed by atoms with Gasteiger partial charge in [0.15, 0.2) is 0 Å². The van der Waals surface area contributed by atoms with Crippen molar-refractivity contribution in [2.24, 2.45) is 5.73 Å². The van der Waals surface area contributed by atoms with Gasteiger partial charge in [-0.2, -0.15) is 0 Å². The van der Waals surface area contributed by atoms with Crippen molar-refractivity contribution in [1.29, 1.82) is 0 Å². The van der Waals surface area contributed by atoms with Crippen LogP contribution in [0.1, 0.15) is 5.76 Å². The smallest absolute Gasteiger partial charge is 0.138 e. The Morgan fingerprint density at radius 1 is 1.19 bits per heavy atom. The molecule has 0 bridgehead atoms. The molecule has 1 aromatic heterocycles. The average Bonchev–Trinajstić information content (AvgIpc) is 2.71. The van der Waals surface area contributed by atoms with Gasteiger partial charge in [0.1, 0.15) is 11.5 Å². The SMILES string of the molecule is NCCc1cc(-c2ccc(Br)c(Br)c2)no1. The maximum absolute atomic E-state index is 5.45. The van der Waals surface area contributed by atoms with E-state index in [1.807, 2.05) is 24.3 Å². The Balaban J connectivity index is 2.31. The van der Waals surface area contributed by atoms with E-state index >= 15 is 0 Å². The van der Waals surface area contributed by atoms with Crippen LogP contribution in [0, 0.1) is 0 Å². The largest absolute Gasteiger partial charge is 0.361 e. The summed E-state index contributed by atoms with van der Waals surface area (Å²) in [5.41, 5.74) is 7.30. The maximum Gasteiger partial charge on any atom is 0.138 e. The van der Waals surface area contributed by atoms with Crippen molar-refractivity contribution in [3.63, 3.8) is 0 Å². The molecule has 0 atom stereocenters. The molecule has 0 saturated carbocycles. The monoisotopic (exact) mass is 344 g/mol. The lowest BCUT2D eigenvalue weighted by molar-refractivity contribution is 0.386. The maximum atomic E-state index is 5.45. The predicted molar refractivity (Wildman–Crippen MR) is 70.1 cm³/mol. The van der Waals surface area contributed by atoms with Gasteiger partial charge in [0.2, 0.25) is 0 Å². The van der Waals surface area contributed by atoms with Gasteiger partial charge in [0.05, 0.1) is 0 Å². The number of benzene rings is 1. The fourth-order valence-corrected chi connectivity index (χ4v) is 1.99. The molecule has 1 heterocycles. The summed E-state index contributed by atoms with van der Waals surface area (Å²) in [5.74, 6) is 0.816. The van der Waals surface area contributed by atoms with E-state index in [0.717, 1.165) is 26.0 Å². The zero-order valence-electron chi connectivity index (χ0n) is 8.41. The molecule has 0 aliphatic carbocycles. The van der Waals surface area contributed by atoms with Crippen LogP contribution in [0.25, 0.3) is 11.3 Å². The first-order valence-corrected chi connectivity index (χ1v) is 6.40. The number of hydrogen-bond acceptors (Lipinski definition) is 3. The zero-order valence-corrected chi connectivity index (χ0v) is 11.6. The summed E-state index contributed by atoms with van der Waals surface area (Å²) < 4.78 is 7.18. The van der Waals surface area contributed by atoms with Crippen molar-refractivity contribution in [2.45, 2.75) is 6.42 Å². The molecule has 0 amide bonds. The van der Waals surface area contributed by atoms with Crippen molar-refractivity contribution < 1.29 is 4.52 Å². The third kappa shape index (κ3) is 2.53. The van der Waals surface area contributed by atoms with Gasteiger partial charge < -0.3 is 10.3 Å². The minimum atomic E-state index is 0.568. The topological polar surface area (TPSA) is 52.0 Å². The number of halogens is 2. The lowest BCUT2D eigenvalue weighted by Gasteiger charge is -1.98. The van der Waals surface area contributed by atoms with Crippen LogP contribution in [-0.2, 0) is 6.42 Å². The molecule has 2 rings (SSSR count). The van der Waals surface area contributed by atoms with Crippen molar-refractivity contribution in [3.8, 4) is 11.3 Å². The van der Waals surface area contributed by atoms with Gasteiger partial charge in [-0.05, 0) is 50.5 Å². The van der Waals surface area contributed by atoms with E-state index < -0.39 is 0 Å². The van der Waals surface area contributed by atoms with Gasteiger partial charge in [0, 0.05) is 27.0 Å². The van der Waals surface area contributed by atoms with Crippen LogP contribution in [0.5, 0.6) is 0 Å². The molecule has 0 fully saturated rings. The Hall–Kier alpha value is -0.650. The Morgan fingerprint density at radius 2 is 2.00 bits per heavy atom. The second kappa shape index (κ2) is 5.12. The molecule has 2 N–H and O–H groups in total. The Morgan fingerprint density at radius 3 is 2.69 bits per heavy atom. The Labute approximate surface area is 110 Å². The van der Waals surface area contributed by atoms with E-state index in [-0.39, 0.29) is 0 Å². The minimum Gasteiger partial charge on any atom is -0.361 e. The molecule has 3 nitrogen and oxygen atoms in total. The fraction of sp³-hybridized carbons (Fsp3) is 0.182. The van der Waals surface area contributed by atoms with E-state index in [0.29, 0.717) is 13.0 Å². The Kier molecular flexibility index (Phi) is 3.78. The van der Waals surface area contributed by atoms with Gasteiger partial charge >= 0.3 is 0 Å². The van der Waals surface area contributed by atoms with Crippen LogP contribution in [-0.4, -0.2) is 11.7 Å². The van der Waals surface area contributed by atoms with Crippen LogP contribution in [0.4, 0.5) is 0 Å². The number of aromatic nitrogens is 1. The molecule has 5 heteroatoms. The van der Waals surface area contributed by atoms with Gasteiger partial charge in [-0.3, -0.25) is 0 Å². The molecule has 1 aromatic carbocycles. The van der Waals surface area contributed by atoms with Gasteiger partial charge in [-0.25, -0.2) is 0 Å². The molecule has 0 aliphatic rings. The first-order chi connectivity index (χ1) is 7.70. The fourth-order valence-electron chi connectivity index (χ4n) is 1.36. The second-order valence-electron chi connectivity index (χ2n) is 3.35. The molecule has 0 aliphatic heterocycles. The second-order valence-corrected chi connectivity index (χ2v) is 5.05. The van der Waals surface area contributed by atoms with Crippen molar-refractivity contribution >= 4 is 31.9 Å². The molecule has 2 aromatic rings. The molecule has 16 heavy (non-hydrogen) atoms. The Bertz CT molecular complexity index is 496. The summed E-state index contributed by atoms with van der Waals surface area (Å²) in [7, 11) is 0. The van der Waals surface area contributed by atoms with E-state index in [2.05, 4.69) is 37.0 Å². The van der Waals surface area contributed by atoms with Crippen LogP contribution in [0.2, 0.25) is 0 Å². The molecule has 0 radical (unpaired) electrons. The van der Waals surface area contributed by atoms with Crippen LogP contribution < -0.4 is 5.73 Å². The predicted octanol–water partition coefficient (Wildman–Crippen LogP) is 3.37. The van der Waals surface area contributed by atoms with Crippen molar-refractivity contribution in [1.82, 2.24) is 5.16 Å². The zero-order chi connectivity index (χ0) is 11.5. The van der Waals surface area contributed by atoms with Crippen LogP contribution in [0.3, 0.4) is 0 Å². The van der Waals surface area contributed by atoms with E-state index in [1.54, 1.807) is 0 Å². The summed E-state index contributed by atoms with van der Waals surface area (Å²) in [6, 6.07) is 7.87. The van der Waals surface area contributed by atoms with Crippen LogP contribution >= 0.6 is 31.9 Å². The first kappa shape index (κ1) is 11.8. The van der Waals surface area contributed by atoms with Gasteiger partial charge in [-0.15, -0.1) is 0 Å². The lowest BCUT2D eigenvalue weighted by atomic mass is 10.1. The summed E-state index contributed by atoms with van der Waals surface area (Å²) in [5, 5.41) is 4.01. The highest BCUT2D eigenvalue weighted by molar-refractivity contribution is 9.13. The highest BCUT2D eigenvalue weighted by Gasteiger charge is 2.07. The number of nitrogens with zero attached hydrogens (tertiary/aromatic N) is 1. The standard InChI is InChI=1S/C11H10Br2N2O/c12-9-2-1-7(5-10(9)13)11-6-8(3-4-14)16-15-11/h1-2,5-6H,3-4,14H2. The molecular weight excluding hydrogens is 336 g/mol. The summed E-state index contributed by atoms with van der Waals surface area (Å²) in [4.78, 5) is 0. The molecule has 0 saturated heterocycles. The molecule has 0 unspecified atom stereocenters. The summed E-state index contributed by atoms with van der Waals surface area (Å²) in [6.45, 7) is 0.568. The molecular formula is C11H10Br2N2O. The minimum absolute atomic E-state index is 0.568. The van der Waals surface area contributed by atoms with Gasteiger partial charge in [-0.1, -0.05) is 11.2 Å². The summed E-state index contributed by atoms with van der Waals surface area (Å²) >= 11 is 6.88. The van der Waals surface area contributed by atoms with E-state index in [1.165, 1.54) is 0 Å².